The first kappa shape index (κ1) is 16.2. The van der Waals surface area contributed by atoms with Gasteiger partial charge < -0.3 is 18.7 Å². The molecule has 0 fully saturated rings. The molecule has 0 spiro atoms. The minimum absolute atomic E-state index is 0.133. The van der Waals surface area contributed by atoms with Gasteiger partial charge in [-0.2, -0.15) is 4.57 Å². The summed E-state index contributed by atoms with van der Waals surface area (Å²) in [6.45, 7) is 0. The van der Waals surface area contributed by atoms with Gasteiger partial charge in [-0.3, -0.25) is 0 Å². The molecule has 0 bridgehead atoms. The highest BCUT2D eigenvalue weighted by atomic mass is 16.6. The van der Waals surface area contributed by atoms with Gasteiger partial charge in [0, 0.05) is 0 Å². The summed E-state index contributed by atoms with van der Waals surface area (Å²) in [7, 11) is 5.14. The van der Waals surface area contributed by atoms with Crippen molar-refractivity contribution in [3.8, 4) is 0 Å². The predicted molar refractivity (Wildman–Crippen MR) is 72.8 cm³/mol. The zero-order chi connectivity index (χ0) is 17.1. The molecule has 122 valence electrons. The van der Waals surface area contributed by atoms with Crippen LogP contribution in [-0.4, -0.2) is 49.0 Å². The number of carbonyl (C=O) groups is 3. The monoisotopic (exact) mass is 324 g/mol. The number of fused-ring (bicyclic) bond motifs is 1. The molecule has 0 radical (unpaired) electrons. The summed E-state index contributed by atoms with van der Waals surface area (Å²) in [5.41, 5.74) is 0.264. The molecular formula is C13H14N3O7+. The number of hydrogen-bond acceptors (Lipinski definition) is 8. The molecule has 2 rings (SSSR count). The molecule has 2 aromatic heterocycles. The van der Waals surface area contributed by atoms with Gasteiger partial charge >= 0.3 is 23.6 Å². The SMILES string of the molecule is COC(=O)C=C(C(=O)OC)n1c[n+](C)c2c(C(=O)OC)onc21. The van der Waals surface area contributed by atoms with Crippen molar-refractivity contribution in [2.75, 3.05) is 21.3 Å². The molecule has 0 saturated carbocycles. The number of aryl methyl sites for hydroxylation is 1. The zero-order valence-corrected chi connectivity index (χ0v) is 12.9. The van der Waals surface area contributed by atoms with Gasteiger partial charge in [-0.1, -0.05) is 0 Å². The first-order valence-corrected chi connectivity index (χ1v) is 6.27. The number of rotatable bonds is 4. The Balaban J connectivity index is 2.68. The summed E-state index contributed by atoms with van der Waals surface area (Å²) in [6.07, 6.45) is 2.38. The van der Waals surface area contributed by atoms with Crippen LogP contribution in [0.2, 0.25) is 0 Å². The van der Waals surface area contributed by atoms with Crippen molar-refractivity contribution in [1.82, 2.24) is 9.72 Å². The number of nitrogens with zero attached hydrogens (tertiary/aromatic N) is 3. The fourth-order valence-corrected chi connectivity index (χ4v) is 1.94. The summed E-state index contributed by atoms with van der Waals surface area (Å²) < 4.78 is 21.5. The Labute approximate surface area is 129 Å². The highest BCUT2D eigenvalue weighted by Gasteiger charge is 2.32. The predicted octanol–water partition coefficient (Wildman–Crippen LogP) is -0.573. The van der Waals surface area contributed by atoms with Crippen LogP contribution in [0.15, 0.2) is 16.9 Å². The van der Waals surface area contributed by atoms with Gasteiger partial charge in [0.25, 0.3) is 17.6 Å². The fraction of sp³-hybridized carbons (Fsp3) is 0.308. The molecule has 0 unspecified atom stereocenters. The maximum atomic E-state index is 11.9. The maximum Gasteiger partial charge on any atom is 0.381 e. The van der Waals surface area contributed by atoms with Gasteiger partial charge in [0.15, 0.2) is 0 Å². The van der Waals surface area contributed by atoms with Crippen molar-refractivity contribution in [2.24, 2.45) is 7.05 Å². The average molecular weight is 324 g/mol. The van der Waals surface area contributed by atoms with Crippen molar-refractivity contribution in [3.05, 3.63) is 18.2 Å². The maximum absolute atomic E-state index is 11.9. The Morgan fingerprint density at radius 2 is 1.91 bits per heavy atom. The van der Waals surface area contributed by atoms with E-state index in [-0.39, 0.29) is 22.6 Å². The van der Waals surface area contributed by atoms with E-state index in [0.717, 1.165) is 13.2 Å². The van der Waals surface area contributed by atoms with E-state index in [1.54, 1.807) is 7.05 Å². The average Bonchev–Trinajstić information content (AvgIpc) is 3.12. The van der Waals surface area contributed by atoms with E-state index < -0.39 is 17.9 Å². The van der Waals surface area contributed by atoms with E-state index in [1.807, 2.05) is 0 Å². The Morgan fingerprint density at radius 1 is 1.22 bits per heavy atom. The second-order valence-electron chi connectivity index (χ2n) is 4.32. The van der Waals surface area contributed by atoms with Crippen LogP contribution in [0.3, 0.4) is 0 Å². The third-order valence-electron chi connectivity index (χ3n) is 3.00. The Kier molecular flexibility index (Phi) is 4.44. The van der Waals surface area contributed by atoms with Gasteiger partial charge in [-0.05, 0) is 5.16 Å². The fourth-order valence-electron chi connectivity index (χ4n) is 1.94. The standard InChI is InChI=1S/C13H14N3O7/c1-15-6-16(7(12(18)21-3)5-8(17)20-2)11-9(15)10(23-14-11)13(19)22-4/h5-6H,1-4H3/q+1. The molecular weight excluding hydrogens is 310 g/mol. The highest BCUT2D eigenvalue weighted by Crippen LogP contribution is 2.20. The van der Waals surface area contributed by atoms with Crippen LogP contribution in [-0.2, 0) is 30.8 Å². The van der Waals surface area contributed by atoms with E-state index in [9.17, 15) is 14.4 Å². The third-order valence-corrected chi connectivity index (χ3v) is 3.00. The van der Waals surface area contributed by atoms with Crippen LogP contribution < -0.4 is 4.57 Å². The van der Waals surface area contributed by atoms with Crippen LogP contribution in [0.5, 0.6) is 0 Å². The Hall–Kier alpha value is -3.17. The van der Waals surface area contributed by atoms with Crippen molar-refractivity contribution in [3.63, 3.8) is 0 Å². The van der Waals surface area contributed by atoms with Gasteiger partial charge in [-0.25, -0.2) is 19.0 Å². The van der Waals surface area contributed by atoms with Gasteiger partial charge in [0.05, 0.1) is 34.5 Å². The van der Waals surface area contributed by atoms with E-state index >= 15 is 0 Å². The first-order chi connectivity index (χ1) is 10.9. The van der Waals surface area contributed by atoms with Crippen molar-refractivity contribution in [1.29, 1.82) is 0 Å². The molecule has 23 heavy (non-hydrogen) atoms. The molecule has 2 heterocycles. The first-order valence-electron chi connectivity index (χ1n) is 6.27. The second kappa shape index (κ2) is 6.30. The van der Waals surface area contributed by atoms with Crippen molar-refractivity contribution < 1.29 is 37.7 Å². The number of aromatic nitrogens is 3. The number of methoxy groups -OCH3 is 3. The summed E-state index contributed by atoms with van der Waals surface area (Å²) in [6, 6.07) is 0. The van der Waals surface area contributed by atoms with E-state index in [0.29, 0.717) is 0 Å². The number of carbonyl (C=O) groups excluding carboxylic acids is 3. The third kappa shape index (κ3) is 2.78. The smallest absolute Gasteiger partial charge is 0.381 e. The Morgan fingerprint density at radius 3 is 2.48 bits per heavy atom. The molecule has 10 heteroatoms. The minimum atomic E-state index is -0.796. The number of hydrogen-bond donors (Lipinski definition) is 0. The lowest BCUT2D eigenvalue weighted by Gasteiger charge is -2.00. The van der Waals surface area contributed by atoms with Gasteiger partial charge in [0.1, 0.15) is 0 Å². The molecule has 0 aromatic carbocycles. The molecule has 0 aliphatic carbocycles. The van der Waals surface area contributed by atoms with E-state index in [2.05, 4.69) is 19.4 Å². The number of ether oxygens (including phenoxy) is 3. The topological polar surface area (TPSA) is 114 Å². The highest BCUT2D eigenvalue weighted by molar-refractivity contribution is 6.16. The largest absolute Gasteiger partial charge is 0.466 e. The minimum Gasteiger partial charge on any atom is -0.466 e. The van der Waals surface area contributed by atoms with Crippen LogP contribution in [0.25, 0.3) is 16.9 Å². The molecule has 0 aliphatic heterocycles. The van der Waals surface area contributed by atoms with Crippen LogP contribution in [0, 0.1) is 0 Å². The van der Waals surface area contributed by atoms with Crippen LogP contribution in [0.4, 0.5) is 0 Å². The quantitative estimate of drug-likeness (QED) is 0.318. The molecule has 0 amide bonds. The summed E-state index contributed by atoms with van der Waals surface area (Å²) in [4.78, 5) is 35.1. The van der Waals surface area contributed by atoms with Crippen LogP contribution in [0.1, 0.15) is 10.6 Å². The van der Waals surface area contributed by atoms with Gasteiger partial charge in [0.2, 0.25) is 5.70 Å². The lowest BCUT2D eigenvalue weighted by molar-refractivity contribution is -0.645. The second-order valence-corrected chi connectivity index (χ2v) is 4.32. The molecule has 0 saturated heterocycles. The lowest BCUT2D eigenvalue weighted by atomic mass is 10.3. The van der Waals surface area contributed by atoms with Crippen LogP contribution >= 0.6 is 0 Å². The summed E-state index contributed by atoms with van der Waals surface area (Å²) in [5.74, 6) is -2.41. The zero-order valence-electron chi connectivity index (χ0n) is 12.9. The summed E-state index contributed by atoms with van der Waals surface area (Å²) >= 11 is 0. The number of imidazole rings is 1. The van der Waals surface area contributed by atoms with Gasteiger partial charge in [-0.15, -0.1) is 0 Å². The molecule has 10 nitrogen and oxygen atoms in total. The van der Waals surface area contributed by atoms with Crippen molar-refractivity contribution >= 4 is 34.8 Å². The van der Waals surface area contributed by atoms with E-state index in [4.69, 9.17) is 4.52 Å². The molecule has 0 N–H and O–H groups in total. The molecule has 0 atom stereocenters. The summed E-state index contributed by atoms with van der Waals surface area (Å²) in [5, 5.41) is 3.74. The Bertz CT molecular complexity index is 815. The normalized spacial score (nSPS) is 11.4. The lowest BCUT2D eigenvalue weighted by Crippen LogP contribution is -2.27. The van der Waals surface area contributed by atoms with Crippen molar-refractivity contribution in [2.45, 2.75) is 0 Å². The van der Waals surface area contributed by atoms with E-state index in [1.165, 1.54) is 29.7 Å². The molecule has 0 aliphatic rings. The molecule has 2 aromatic rings. The number of esters is 3.